The van der Waals surface area contributed by atoms with Crippen LogP contribution in [0.15, 0.2) is 30.3 Å². The van der Waals surface area contributed by atoms with Crippen molar-refractivity contribution in [1.29, 1.82) is 0 Å². The first kappa shape index (κ1) is 31.5. The van der Waals surface area contributed by atoms with E-state index in [2.05, 4.69) is 16.0 Å². The van der Waals surface area contributed by atoms with Gasteiger partial charge in [0.15, 0.2) is 0 Å². The molecule has 0 bridgehead atoms. The summed E-state index contributed by atoms with van der Waals surface area (Å²) in [5.41, 5.74) is 16.4. The number of carbonyl (C=O) groups is 7. The van der Waals surface area contributed by atoms with Crippen molar-refractivity contribution in [3.63, 3.8) is 0 Å². The quantitative estimate of drug-likeness (QED) is 0.0966. The predicted octanol–water partition coefficient (Wildman–Crippen LogP) is -5.05. The zero-order chi connectivity index (χ0) is 28.8. The van der Waals surface area contributed by atoms with Gasteiger partial charge in [0, 0.05) is 6.42 Å². The highest BCUT2D eigenvalue weighted by Crippen LogP contribution is 2.06. The molecule has 12 N–H and O–H groups in total. The molecule has 0 unspecified atom stereocenters. The number of carboxylic acids is 1. The second kappa shape index (κ2) is 15.5. The van der Waals surface area contributed by atoms with E-state index in [0.717, 1.165) is 0 Å². The van der Waals surface area contributed by atoms with Crippen LogP contribution in [-0.4, -0.2) is 88.9 Å². The average molecular weight is 538 g/mol. The molecule has 208 valence electrons. The van der Waals surface area contributed by atoms with E-state index in [4.69, 9.17) is 27.4 Å². The van der Waals surface area contributed by atoms with E-state index in [0.29, 0.717) is 5.56 Å². The summed E-state index contributed by atoms with van der Waals surface area (Å²) < 4.78 is 0. The first-order chi connectivity index (χ1) is 17.8. The normalized spacial score (nSPS) is 13.6. The zero-order valence-corrected chi connectivity index (χ0v) is 20.2. The number of aliphatic carboxylic acids is 1. The van der Waals surface area contributed by atoms with Gasteiger partial charge in [-0.05, 0) is 5.56 Å². The van der Waals surface area contributed by atoms with Gasteiger partial charge in [0.05, 0.1) is 19.4 Å². The summed E-state index contributed by atoms with van der Waals surface area (Å²) in [6.45, 7) is -1.52. The molecule has 0 saturated carbocycles. The molecule has 16 nitrogen and oxygen atoms in total. The van der Waals surface area contributed by atoms with Crippen molar-refractivity contribution in [3.05, 3.63) is 35.9 Å². The monoisotopic (exact) mass is 537 g/mol. The third-order valence-electron chi connectivity index (χ3n) is 4.94. The van der Waals surface area contributed by atoms with E-state index < -0.39 is 91.6 Å². The van der Waals surface area contributed by atoms with Crippen molar-refractivity contribution in [2.45, 2.75) is 43.4 Å². The minimum atomic E-state index is -1.66. The maximum atomic E-state index is 13.1. The number of primary amides is 2. The number of aliphatic hydroxyl groups excluding tert-OH is 1. The summed E-state index contributed by atoms with van der Waals surface area (Å²) in [5, 5.41) is 26.6. The van der Waals surface area contributed by atoms with E-state index in [9.17, 15) is 33.6 Å². The van der Waals surface area contributed by atoms with Gasteiger partial charge in [-0.2, -0.15) is 0 Å². The van der Waals surface area contributed by atoms with E-state index >= 15 is 0 Å². The van der Waals surface area contributed by atoms with Gasteiger partial charge in [-0.25, -0.2) is 0 Å². The molecule has 0 aliphatic carbocycles. The van der Waals surface area contributed by atoms with E-state index in [1.165, 1.54) is 0 Å². The summed E-state index contributed by atoms with van der Waals surface area (Å²) >= 11 is 0. The molecule has 16 heteroatoms. The molecule has 0 heterocycles. The number of hydrogen-bond donors (Lipinski definition) is 9. The maximum Gasteiger partial charge on any atom is 0.322 e. The summed E-state index contributed by atoms with van der Waals surface area (Å²) in [5.74, 6) is -7.40. The van der Waals surface area contributed by atoms with Gasteiger partial charge in [0.1, 0.15) is 30.7 Å². The lowest BCUT2D eigenvalue weighted by Gasteiger charge is -2.25. The largest absolute Gasteiger partial charge is 0.480 e. The molecular formula is C22H31N7O9. The zero-order valence-electron chi connectivity index (χ0n) is 20.2. The van der Waals surface area contributed by atoms with Crippen molar-refractivity contribution in [2.24, 2.45) is 17.2 Å². The Kier molecular flexibility index (Phi) is 12.9. The van der Waals surface area contributed by atoms with E-state index in [1.807, 2.05) is 5.32 Å². The van der Waals surface area contributed by atoms with Gasteiger partial charge in [-0.1, -0.05) is 30.3 Å². The Morgan fingerprint density at radius 2 is 1.21 bits per heavy atom. The number of benzene rings is 1. The highest BCUT2D eigenvalue weighted by Gasteiger charge is 2.32. The van der Waals surface area contributed by atoms with Crippen LogP contribution in [0.3, 0.4) is 0 Å². The summed E-state index contributed by atoms with van der Waals surface area (Å²) in [4.78, 5) is 84.1. The van der Waals surface area contributed by atoms with Gasteiger partial charge in [-0.15, -0.1) is 0 Å². The van der Waals surface area contributed by atoms with Crippen molar-refractivity contribution in [3.8, 4) is 0 Å². The third-order valence-corrected chi connectivity index (χ3v) is 4.94. The molecule has 0 aliphatic heterocycles. The molecule has 0 saturated heterocycles. The Hall–Kier alpha value is -4.57. The second-order valence-corrected chi connectivity index (χ2v) is 8.11. The first-order valence-corrected chi connectivity index (χ1v) is 11.2. The van der Waals surface area contributed by atoms with Gasteiger partial charge in [0.2, 0.25) is 35.4 Å². The van der Waals surface area contributed by atoms with Crippen LogP contribution in [0.4, 0.5) is 0 Å². The highest BCUT2D eigenvalue weighted by molar-refractivity contribution is 5.98. The summed E-state index contributed by atoms with van der Waals surface area (Å²) in [7, 11) is 0. The number of rotatable bonds is 16. The van der Waals surface area contributed by atoms with E-state index in [1.54, 1.807) is 30.3 Å². The van der Waals surface area contributed by atoms with Crippen LogP contribution < -0.4 is 38.5 Å². The van der Waals surface area contributed by atoms with Crippen LogP contribution in [0, 0.1) is 0 Å². The number of hydrogen-bond acceptors (Lipinski definition) is 9. The number of amides is 6. The number of nitrogens with one attached hydrogen (secondary N) is 4. The number of carbonyl (C=O) groups excluding carboxylic acids is 6. The van der Waals surface area contributed by atoms with Gasteiger partial charge < -0.3 is 48.7 Å². The first-order valence-electron chi connectivity index (χ1n) is 11.2. The standard InChI is InChI=1S/C22H31N7O9/c23-12(10-30)19(35)27-13(6-11-4-2-1-3-5-11)21(37)29-15(8-17(25)32)22(38)28-14(7-16(24)31)20(36)26-9-18(33)34/h1-5,12-15,30H,6-10,23H2,(H2,24,31)(H2,25,32)(H,26,36)(H,27,35)(H,28,38)(H,29,37)(H,33,34)/t12-,13-,14-,15-/m0/s1. The number of aliphatic hydroxyl groups is 1. The predicted molar refractivity (Wildman–Crippen MR) is 129 cm³/mol. The summed E-state index contributed by atoms with van der Waals surface area (Å²) in [6, 6.07) is 2.47. The fourth-order valence-electron chi connectivity index (χ4n) is 3.07. The lowest BCUT2D eigenvalue weighted by Crippen LogP contribution is -2.59. The molecule has 6 amide bonds. The van der Waals surface area contributed by atoms with Crippen molar-refractivity contribution in [2.75, 3.05) is 13.2 Å². The fourth-order valence-corrected chi connectivity index (χ4v) is 3.07. The second-order valence-electron chi connectivity index (χ2n) is 8.11. The molecule has 1 aromatic rings. The molecule has 38 heavy (non-hydrogen) atoms. The smallest absolute Gasteiger partial charge is 0.322 e. The lowest BCUT2D eigenvalue weighted by atomic mass is 10.0. The molecule has 0 fully saturated rings. The Morgan fingerprint density at radius 3 is 1.68 bits per heavy atom. The lowest BCUT2D eigenvalue weighted by molar-refractivity contribution is -0.139. The van der Waals surface area contributed by atoms with Gasteiger partial charge in [0.25, 0.3) is 0 Å². The van der Waals surface area contributed by atoms with Crippen LogP contribution >= 0.6 is 0 Å². The number of nitrogens with two attached hydrogens (primary N) is 3. The van der Waals surface area contributed by atoms with Crippen LogP contribution in [0.25, 0.3) is 0 Å². The molecule has 0 aliphatic rings. The third kappa shape index (κ3) is 11.4. The van der Waals surface area contributed by atoms with Gasteiger partial charge >= 0.3 is 5.97 Å². The molecular weight excluding hydrogens is 506 g/mol. The Labute approximate surface area is 216 Å². The molecule has 1 aromatic carbocycles. The summed E-state index contributed by atoms with van der Waals surface area (Å²) in [6.07, 6.45) is -1.52. The van der Waals surface area contributed by atoms with Crippen molar-refractivity contribution < 1.29 is 43.8 Å². The SMILES string of the molecule is NC(=O)C[C@H](NC(=O)[C@H](CC(N)=O)NC(=O)[C@H](Cc1ccccc1)NC(=O)[C@@H](N)CO)C(=O)NCC(=O)O. The molecule has 0 spiro atoms. The van der Waals surface area contributed by atoms with Gasteiger partial charge in [-0.3, -0.25) is 33.6 Å². The van der Waals surface area contributed by atoms with E-state index in [-0.39, 0.29) is 6.42 Å². The number of carboxylic acid groups (broad SMARTS) is 1. The van der Waals surface area contributed by atoms with Crippen LogP contribution in [0.2, 0.25) is 0 Å². The minimum absolute atomic E-state index is 0.0661. The Morgan fingerprint density at radius 1 is 0.737 bits per heavy atom. The highest BCUT2D eigenvalue weighted by atomic mass is 16.4. The van der Waals surface area contributed by atoms with Crippen molar-refractivity contribution >= 4 is 41.4 Å². The molecule has 0 aromatic heterocycles. The average Bonchev–Trinajstić information content (AvgIpc) is 2.85. The molecule has 4 atom stereocenters. The maximum absolute atomic E-state index is 13.1. The van der Waals surface area contributed by atoms with Crippen LogP contribution in [-0.2, 0) is 40.0 Å². The Balaban J connectivity index is 3.13. The molecule has 1 rings (SSSR count). The topological polar surface area (TPSA) is 286 Å². The molecule has 0 radical (unpaired) electrons. The fraction of sp³-hybridized carbons (Fsp3) is 0.409. The van der Waals surface area contributed by atoms with Crippen LogP contribution in [0.1, 0.15) is 18.4 Å². The van der Waals surface area contributed by atoms with Crippen molar-refractivity contribution in [1.82, 2.24) is 21.3 Å². The van der Waals surface area contributed by atoms with Crippen LogP contribution in [0.5, 0.6) is 0 Å². The Bertz CT molecular complexity index is 1040. The minimum Gasteiger partial charge on any atom is -0.480 e.